The third kappa shape index (κ3) is 3.07. The van der Waals surface area contributed by atoms with Gasteiger partial charge in [0.1, 0.15) is 0 Å². The second kappa shape index (κ2) is 6.55. The number of halogens is 1. The summed E-state index contributed by atoms with van der Waals surface area (Å²) in [6.07, 6.45) is 4.77. The Morgan fingerprint density at radius 3 is 2.60 bits per heavy atom. The lowest BCUT2D eigenvalue weighted by Crippen LogP contribution is -2.38. The van der Waals surface area contributed by atoms with E-state index in [1.54, 1.807) is 11.1 Å². The highest BCUT2D eigenvalue weighted by atomic mass is 19.1. The fourth-order valence-electron chi connectivity index (χ4n) is 3.27. The lowest BCUT2D eigenvalue weighted by molar-refractivity contribution is 0.0701. The van der Waals surface area contributed by atoms with Crippen molar-refractivity contribution in [2.75, 3.05) is 13.1 Å². The fraction of sp³-hybridized carbons (Fsp3) is 0.263. The van der Waals surface area contributed by atoms with E-state index in [0.717, 1.165) is 29.6 Å². The van der Waals surface area contributed by atoms with Gasteiger partial charge in [0.05, 0.1) is 0 Å². The molecule has 126 valence electrons. The molecule has 0 bridgehead atoms. The molecule has 0 atom stereocenters. The van der Waals surface area contributed by atoms with Crippen LogP contribution >= 0.6 is 0 Å². The molecule has 0 spiro atoms. The van der Waals surface area contributed by atoms with Crippen LogP contribution in [-0.4, -0.2) is 38.8 Å². The van der Waals surface area contributed by atoms with Crippen LogP contribution in [0, 0.1) is 5.82 Å². The summed E-state index contributed by atoms with van der Waals surface area (Å²) < 4.78 is 13.8. The van der Waals surface area contributed by atoms with Crippen LogP contribution in [0.5, 0.6) is 0 Å². The maximum Gasteiger partial charge on any atom is 0.275 e. The van der Waals surface area contributed by atoms with Crippen LogP contribution < -0.4 is 0 Å². The first-order chi connectivity index (χ1) is 12.2. The second-order valence-electron chi connectivity index (χ2n) is 6.19. The zero-order chi connectivity index (χ0) is 17.2. The van der Waals surface area contributed by atoms with E-state index in [2.05, 4.69) is 15.0 Å². The van der Waals surface area contributed by atoms with E-state index < -0.39 is 5.82 Å². The predicted octanol–water partition coefficient (Wildman–Crippen LogP) is 3.18. The van der Waals surface area contributed by atoms with Gasteiger partial charge in [-0.25, -0.2) is 19.3 Å². The first-order valence-electron chi connectivity index (χ1n) is 8.34. The topological polar surface area (TPSA) is 59.0 Å². The summed E-state index contributed by atoms with van der Waals surface area (Å²) in [5.41, 5.74) is 1.64. The summed E-state index contributed by atoms with van der Waals surface area (Å²) in [6, 6.07) is 10.7. The summed E-state index contributed by atoms with van der Waals surface area (Å²) in [6.45, 7) is 1.14. The van der Waals surface area contributed by atoms with Gasteiger partial charge in [-0.2, -0.15) is 0 Å². The SMILES string of the molecule is O=C(c1ncccc1F)N1CCC(c2ccc3cccnc3n2)CC1. The van der Waals surface area contributed by atoms with Crippen molar-refractivity contribution < 1.29 is 9.18 Å². The number of piperidine rings is 1. The molecule has 1 aliphatic rings. The summed E-state index contributed by atoms with van der Waals surface area (Å²) in [7, 11) is 0. The first-order valence-corrected chi connectivity index (χ1v) is 8.34. The molecule has 5 nitrogen and oxygen atoms in total. The van der Waals surface area contributed by atoms with Crippen molar-refractivity contribution in [1.82, 2.24) is 19.9 Å². The molecule has 6 heteroatoms. The summed E-state index contributed by atoms with van der Waals surface area (Å²) in [5, 5.41) is 1.02. The average Bonchev–Trinajstić information content (AvgIpc) is 2.67. The number of amides is 1. The monoisotopic (exact) mass is 336 g/mol. The molecule has 0 N–H and O–H groups in total. The van der Waals surface area contributed by atoms with Crippen LogP contribution in [0.25, 0.3) is 11.0 Å². The number of hydrogen-bond donors (Lipinski definition) is 0. The minimum atomic E-state index is -0.572. The molecule has 3 aromatic heterocycles. The fourth-order valence-corrected chi connectivity index (χ4v) is 3.27. The van der Waals surface area contributed by atoms with Crippen LogP contribution in [0.15, 0.2) is 48.8 Å². The van der Waals surface area contributed by atoms with Gasteiger partial charge in [-0.05, 0) is 49.2 Å². The molecule has 25 heavy (non-hydrogen) atoms. The Hall–Kier alpha value is -2.89. The smallest absolute Gasteiger partial charge is 0.275 e. The van der Waals surface area contributed by atoms with Gasteiger partial charge in [0.2, 0.25) is 0 Å². The van der Waals surface area contributed by atoms with Crippen LogP contribution in [0.4, 0.5) is 4.39 Å². The summed E-state index contributed by atoms with van der Waals surface area (Å²) >= 11 is 0. The average molecular weight is 336 g/mol. The van der Waals surface area contributed by atoms with Gasteiger partial charge >= 0.3 is 0 Å². The van der Waals surface area contributed by atoms with Crippen molar-refractivity contribution in [2.45, 2.75) is 18.8 Å². The molecule has 3 aromatic rings. The van der Waals surface area contributed by atoms with E-state index in [-0.39, 0.29) is 17.5 Å². The number of carbonyl (C=O) groups excluding carboxylic acids is 1. The Labute approximate surface area is 144 Å². The number of carbonyl (C=O) groups is 1. The molecule has 1 aliphatic heterocycles. The van der Waals surface area contributed by atoms with Gasteiger partial charge in [0.15, 0.2) is 17.2 Å². The van der Waals surface area contributed by atoms with Gasteiger partial charge in [0.25, 0.3) is 5.91 Å². The van der Waals surface area contributed by atoms with Gasteiger partial charge in [-0.15, -0.1) is 0 Å². The van der Waals surface area contributed by atoms with Crippen molar-refractivity contribution in [3.63, 3.8) is 0 Å². The lowest BCUT2D eigenvalue weighted by Gasteiger charge is -2.31. The highest BCUT2D eigenvalue weighted by Gasteiger charge is 2.27. The Balaban J connectivity index is 1.47. The highest BCUT2D eigenvalue weighted by Crippen LogP contribution is 2.28. The third-order valence-electron chi connectivity index (χ3n) is 4.65. The number of likely N-dealkylation sites (tertiary alicyclic amines) is 1. The molecule has 1 saturated heterocycles. The summed E-state index contributed by atoms with van der Waals surface area (Å²) in [4.78, 5) is 26.9. The molecular weight excluding hydrogens is 319 g/mol. The van der Waals surface area contributed by atoms with Gasteiger partial charge in [-0.1, -0.05) is 0 Å². The Bertz CT molecular complexity index is 922. The number of aromatic nitrogens is 3. The van der Waals surface area contributed by atoms with E-state index in [1.165, 1.54) is 18.3 Å². The van der Waals surface area contributed by atoms with Gasteiger partial charge in [0, 0.05) is 42.5 Å². The number of hydrogen-bond acceptors (Lipinski definition) is 4. The number of pyridine rings is 3. The molecule has 1 amide bonds. The third-order valence-corrected chi connectivity index (χ3v) is 4.65. The molecule has 0 saturated carbocycles. The Morgan fingerprint density at radius 1 is 1.04 bits per heavy atom. The number of fused-ring (bicyclic) bond motifs is 1. The van der Waals surface area contributed by atoms with Crippen molar-refractivity contribution in [3.8, 4) is 0 Å². The van der Waals surface area contributed by atoms with Crippen molar-refractivity contribution >= 4 is 16.9 Å². The summed E-state index contributed by atoms with van der Waals surface area (Å²) in [5.74, 6) is -0.634. The van der Waals surface area contributed by atoms with Crippen LogP contribution in [0.1, 0.15) is 34.9 Å². The highest BCUT2D eigenvalue weighted by molar-refractivity contribution is 5.92. The minimum Gasteiger partial charge on any atom is -0.337 e. The van der Waals surface area contributed by atoms with Gasteiger partial charge in [-0.3, -0.25) is 4.79 Å². The molecule has 0 radical (unpaired) electrons. The van der Waals surface area contributed by atoms with Crippen LogP contribution in [0.2, 0.25) is 0 Å². The molecule has 1 fully saturated rings. The standard InChI is InChI=1S/C19H17FN4O/c20-15-4-2-9-21-17(15)19(25)24-11-7-13(8-12-24)16-6-5-14-3-1-10-22-18(14)23-16/h1-6,9-10,13H,7-8,11-12H2. The molecule has 4 heterocycles. The molecule has 0 aromatic carbocycles. The maximum atomic E-state index is 13.8. The van der Waals surface area contributed by atoms with Gasteiger partial charge < -0.3 is 4.90 Å². The van der Waals surface area contributed by atoms with E-state index in [0.29, 0.717) is 13.1 Å². The number of rotatable bonds is 2. The molecule has 4 rings (SSSR count). The van der Waals surface area contributed by atoms with Crippen molar-refractivity contribution in [3.05, 3.63) is 66.0 Å². The lowest BCUT2D eigenvalue weighted by atomic mass is 9.92. The van der Waals surface area contributed by atoms with E-state index in [9.17, 15) is 9.18 Å². The van der Waals surface area contributed by atoms with E-state index in [4.69, 9.17) is 0 Å². The predicted molar refractivity (Wildman–Crippen MR) is 91.6 cm³/mol. The quantitative estimate of drug-likeness (QED) is 0.721. The zero-order valence-electron chi connectivity index (χ0n) is 13.6. The maximum absolute atomic E-state index is 13.8. The second-order valence-corrected chi connectivity index (χ2v) is 6.19. The van der Waals surface area contributed by atoms with Crippen LogP contribution in [0.3, 0.4) is 0 Å². The molecular formula is C19H17FN4O. The van der Waals surface area contributed by atoms with Crippen molar-refractivity contribution in [1.29, 1.82) is 0 Å². The Morgan fingerprint density at radius 2 is 1.80 bits per heavy atom. The normalized spacial score (nSPS) is 15.5. The van der Waals surface area contributed by atoms with Crippen molar-refractivity contribution in [2.24, 2.45) is 0 Å². The molecule has 0 aliphatic carbocycles. The zero-order valence-corrected chi connectivity index (χ0v) is 13.6. The van der Waals surface area contributed by atoms with E-state index >= 15 is 0 Å². The minimum absolute atomic E-state index is 0.103. The Kier molecular flexibility index (Phi) is 4.09. The largest absolute Gasteiger partial charge is 0.337 e. The number of nitrogens with zero attached hydrogens (tertiary/aromatic N) is 4. The van der Waals surface area contributed by atoms with Crippen LogP contribution in [-0.2, 0) is 0 Å². The van der Waals surface area contributed by atoms with E-state index in [1.807, 2.05) is 24.3 Å². The molecule has 0 unspecified atom stereocenters. The first kappa shape index (κ1) is 15.6.